The first kappa shape index (κ1) is 9.95. The maximum Gasteiger partial charge on any atom is 0.0349 e. The lowest BCUT2D eigenvalue weighted by molar-refractivity contribution is 0.345. The maximum atomic E-state index is 5.97. The number of benzene rings is 1. The molecule has 0 amide bonds. The summed E-state index contributed by atoms with van der Waals surface area (Å²) >= 11 is 0. The predicted octanol–water partition coefficient (Wildman–Crippen LogP) is 2.24. The molecule has 0 radical (unpaired) electrons. The van der Waals surface area contributed by atoms with Gasteiger partial charge in [-0.05, 0) is 30.4 Å². The number of nitrogens with two attached hydrogens (primary N) is 1. The topological polar surface area (TPSA) is 29.3 Å². The summed E-state index contributed by atoms with van der Waals surface area (Å²) in [7, 11) is 2.77. The molecule has 0 spiro atoms. The second-order valence-electron chi connectivity index (χ2n) is 3.94. The van der Waals surface area contributed by atoms with Crippen molar-refractivity contribution in [1.82, 2.24) is 4.67 Å². The SMILES string of the molecule is Nc1ccccc1C1CCN(P)CC1. The van der Waals surface area contributed by atoms with Crippen LogP contribution >= 0.6 is 9.39 Å². The van der Waals surface area contributed by atoms with E-state index < -0.39 is 0 Å². The van der Waals surface area contributed by atoms with E-state index in [1.165, 1.54) is 18.4 Å². The fraction of sp³-hybridized carbons (Fsp3) is 0.455. The van der Waals surface area contributed by atoms with Crippen LogP contribution in [-0.4, -0.2) is 17.8 Å². The number of para-hydroxylation sites is 1. The number of rotatable bonds is 1. The molecule has 1 aromatic rings. The molecular formula is C11H17N2P. The summed E-state index contributed by atoms with van der Waals surface area (Å²) in [5.74, 6) is 0.660. The van der Waals surface area contributed by atoms with Gasteiger partial charge in [0.15, 0.2) is 0 Å². The monoisotopic (exact) mass is 208 g/mol. The normalized spacial score (nSPS) is 19.8. The predicted molar refractivity (Wildman–Crippen MR) is 64.1 cm³/mol. The molecule has 1 saturated heterocycles. The second-order valence-corrected chi connectivity index (χ2v) is 4.67. The van der Waals surface area contributed by atoms with Crippen molar-refractivity contribution in [1.29, 1.82) is 0 Å². The van der Waals surface area contributed by atoms with Crippen LogP contribution in [-0.2, 0) is 0 Å². The Bertz CT molecular complexity index is 306. The highest BCUT2D eigenvalue weighted by Gasteiger charge is 2.19. The van der Waals surface area contributed by atoms with Gasteiger partial charge in [-0.2, -0.15) is 0 Å². The molecule has 1 aliphatic heterocycles. The summed E-state index contributed by atoms with van der Waals surface area (Å²) in [5, 5.41) is 0. The van der Waals surface area contributed by atoms with Crippen molar-refractivity contribution in [2.24, 2.45) is 0 Å². The zero-order chi connectivity index (χ0) is 9.97. The van der Waals surface area contributed by atoms with Crippen molar-refractivity contribution in [3.05, 3.63) is 29.8 Å². The zero-order valence-electron chi connectivity index (χ0n) is 8.32. The van der Waals surface area contributed by atoms with E-state index in [2.05, 4.69) is 26.2 Å². The Labute approximate surface area is 87.7 Å². The number of piperidine rings is 1. The minimum atomic E-state index is 0.660. The lowest BCUT2D eigenvalue weighted by Gasteiger charge is -2.29. The van der Waals surface area contributed by atoms with Gasteiger partial charge in [0.1, 0.15) is 0 Å². The van der Waals surface area contributed by atoms with E-state index in [1.54, 1.807) is 0 Å². The fourth-order valence-electron chi connectivity index (χ4n) is 2.09. The average molecular weight is 208 g/mol. The van der Waals surface area contributed by atoms with Crippen LogP contribution in [0.2, 0.25) is 0 Å². The van der Waals surface area contributed by atoms with Crippen molar-refractivity contribution in [2.75, 3.05) is 18.8 Å². The van der Waals surface area contributed by atoms with Gasteiger partial charge in [0.25, 0.3) is 0 Å². The molecule has 0 saturated carbocycles. The number of nitrogen functional groups attached to an aromatic ring is 1. The molecule has 0 aromatic heterocycles. The molecule has 1 fully saturated rings. The Hall–Kier alpha value is -0.590. The highest BCUT2D eigenvalue weighted by atomic mass is 31.0. The molecule has 14 heavy (non-hydrogen) atoms. The van der Waals surface area contributed by atoms with E-state index in [9.17, 15) is 0 Å². The van der Waals surface area contributed by atoms with Gasteiger partial charge in [-0.25, -0.2) is 0 Å². The highest BCUT2D eigenvalue weighted by molar-refractivity contribution is 7.13. The third kappa shape index (κ3) is 2.08. The van der Waals surface area contributed by atoms with Gasteiger partial charge in [0.2, 0.25) is 0 Å². The first-order valence-corrected chi connectivity index (χ1v) is 5.63. The molecule has 3 heteroatoms. The first-order chi connectivity index (χ1) is 6.77. The van der Waals surface area contributed by atoms with Crippen LogP contribution in [0.15, 0.2) is 24.3 Å². The van der Waals surface area contributed by atoms with E-state index >= 15 is 0 Å². The molecule has 1 atom stereocenters. The lowest BCUT2D eigenvalue weighted by atomic mass is 9.89. The number of hydrogen-bond donors (Lipinski definition) is 1. The van der Waals surface area contributed by atoms with E-state index in [0.29, 0.717) is 5.92 Å². The van der Waals surface area contributed by atoms with Crippen molar-refractivity contribution in [3.8, 4) is 0 Å². The Morgan fingerprint density at radius 3 is 2.50 bits per heavy atom. The Kier molecular flexibility index (Phi) is 3.05. The van der Waals surface area contributed by atoms with Crippen molar-refractivity contribution >= 4 is 15.1 Å². The quantitative estimate of drug-likeness (QED) is 0.566. The van der Waals surface area contributed by atoms with Crippen molar-refractivity contribution in [2.45, 2.75) is 18.8 Å². The van der Waals surface area contributed by atoms with Crippen LogP contribution in [0.5, 0.6) is 0 Å². The van der Waals surface area contributed by atoms with Gasteiger partial charge >= 0.3 is 0 Å². The molecule has 0 aliphatic carbocycles. The molecule has 2 nitrogen and oxygen atoms in total. The molecule has 76 valence electrons. The molecule has 2 rings (SSSR count). The Morgan fingerprint density at radius 1 is 1.21 bits per heavy atom. The van der Waals surface area contributed by atoms with Gasteiger partial charge in [0.05, 0.1) is 0 Å². The summed E-state index contributed by atoms with van der Waals surface area (Å²) < 4.78 is 2.30. The molecule has 1 unspecified atom stereocenters. The largest absolute Gasteiger partial charge is 0.398 e. The van der Waals surface area contributed by atoms with Crippen LogP contribution in [0.3, 0.4) is 0 Å². The van der Waals surface area contributed by atoms with E-state index in [4.69, 9.17) is 5.73 Å². The fourth-order valence-corrected chi connectivity index (χ4v) is 2.39. The number of nitrogens with zero attached hydrogens (tertiary/aromatic N) is 1. The second kappa shape index (κ2) is 4.29. The van der Waals surface area contributed by atoms with Crippen molar-refractivity contribution in [3.63, 3.8) is 0 Å². The molecule has 1 aliphatic rings. The first-order valence-electron chi connectivity index (χ1n) is 5.11. The van der Waals surface area contributed by atoms with Crippen molar-refractivity contribution < 1.29 is 0 Å². The zero-order valence-corrected chi connectivity index (χ0v) is 9.47. The Morgan fingerprint density at radius 2 is 1.86 bits per heavy atom. The number of anilines is 1. The highest BCUT2D eigenvalue weighted by Crippen LogP contribution is 2.32. The number of hydrogen-bond acceptors (Lipinski definition) is 2. The third-order valence-corrected chi connectivity index (χ3v) is 3.48. The summed E-state index contributed by atoms with van der Waals surface area (Å²) in [6.45, 7) is 2.31. The lowest BCUT2D eigenvalue weighted by Crippen LogP contribution is -2.25. The van der Waals surface area contributed by atoms with Gasteiger partial charge in [-0.1, -0.05) is 27.6 Å². The summed E-state index contributed by atoms with van der Waals surface area (Å²) in [5.41, 5.74) is 8.26. The van der Waals surface area contributed by atoms with Gasteiger partial charge in [-0.3, -0.25) is 4.67 Å². The molecular weight excluding hydrogens is 191 g/mol. The maximum absolute atomic E-state index is 5.97. The van der Waals surface area contributed by atoms with Gasteiger partial charge in [-0.15, -0.1) is 0 Å². The minimum absolute atomic E-state index is 0.660. The van der Waals surface area contributed by atoms with Crippen LogP contribution in [0.4, 0.5) is 5.69 Å². The third-order valence-electron chi connectivity index (χ3n) is 2.97. The van der Waals surface area contributed by atoms with Gasteiger partial charge < -0.3 is 5.73 Å². The molecule has 1 aromatic carbocycles. The summed E-state index contributed by atoms with van der Waals surface area (Å²) in [6, 6.07) is 8.25. The van der Waals surface area contributed by atoms with E-state index in [0.717, 1.165) is 18.8 Å². The molecule has 2 N–H and O–H groups in total. The standard InChI is InChI=1S/C11H17N2P/c12-11-4-2-1-3-10(11)9-5-7-13(14)8-6-9/h1-4,9H,5-8,12,14H2. The molecule has 0 bridgehead atoms. The van der Waals surface area contributed by atoms with Crippen LogP contribution in [0.25, 0.3) is 0 Å². The average Bonchev–Trinajstić information content (AvgIpc) is 2.20. The Balaban J connectivity index is 2.12. The minimum Gasteiger partial charge on any atom is -0.398 e. The van der Waals surface area contributed by atoms with Crippen LogP contribution < -0.4 is 5.73 Å². The smallest absolute Gasteiger partial charge is 0.0349 e. The molecule has 1 heterocycles. The van der Waals surface area contributed by atoms with Crippen LogP contribution in [0.1, 0.15) is 24.3 Å². The summed E-state index contributed by atoms with van der Waals surface area (Å²) in [6.07, 6.45) is 2.44. The summed E-state index contributed by atoms with van der Waals surface area (Å²) in [4.78, 5) is 0. The van der Waals surface area contributed by atoms with Crippen LogP contribution in [0, 0.1) is 0 Å². The van der Waals surface area contributed by atoms with E-state index in [1.807, 2.05) is 12.1 Å². The van der Waals surface area contributed by atoms with Gasteiger partial charge in [0, 0.05) is 18.8 Å². The van der Waals surface area contributed by atoms with E-state index in [-0.39, 0.29) is 0 Å².